The zero-order chi connectivity index (χ0) is 16.9. The summed E-state index contributed by atoms with van der Waals surface area (Å²) in [6.45, 7) is 4.37. The lowest BCUT2D eigenvalue weighted by Gasteiger charge is -2.08. The molecule has 0 unspecified atom stereocenters. The molecule has 0 atom stereocenters. The van der Waals surface area contributed by atoms with Crippen molar-refractivity contribution >= 4 is 23.4 Å². The summed E-state index contributed by atoms with van der Waals surface area (Å²) in [6, 6.07) is 14.2. The predicted octanol–water partition coefficient (Wildman–Crippen LogP) is 5.22. The topological polar surface area (TPSA) is 30.7 Å². The number of benzene rings is 2. The van der Waals surface area contributed by atoms with Crippen molar-refractivity contribution in [3.63, 3.8) is 0 Å². The van der Waals surface area contributed by atoms with Gasteiger partial charge in [0.2, 0.25) is 0 Å². The van der Waals surface area contributed by atoms with Gasteiger partial charge in [-0.3, -0.25) is 4.57 Å². The average molecular weight is 360 g/mol. The maximum Gasteiger partial charge on any atom is 0.192 e. The van der Waals surface area contributed by atoms with E-state index in [1.54, 1.807) is 18.2 Å². The molecule has 6 heteroatoms. The number of halogens is 2. The monoisotopic (exact) mass is 359 g/mol. The van der Waals surface area contributed by atoms with Crippen LogP contribution in [0, 0.1) is 5.82 Å². The van der Waals surface area contributed by atoms with Crippen molar-refractivity contribution in [1.82, 2.24) is 14.8 Å². The van der Waals surface area contributed by atoms with Gasteiger partial charge in [-0.2, -0.15) is 0 Å². The first-order chi connectivity index (χ1) is 11.7. The van der Waals surface area contributed by atoms with Crippen LogP contribution in [0.3, 0.4) is 0 Å². The third-order valence-electron chi connectivity index (χ3n) is 3.45. The van der Waals surface area contributed by atoms with E-state index in [2.05, 4.69) is 16.8 Å². The normalized spacial score (nSPS) is 10.8. The maximum absolute atomic E-state index is 13.8. The minimum atomic E-state index is -0.210. The molecule has 0 aliphatic carbocycles. The van der Waals surface area contributed by atoms with Gasteiger partial charge in [0, 0.05) is 22.9 Å². The number of nitrogens with zero attached hydrogens (tertiary/aromatic N) is 3. The summed E-state index contributed by atoms with van der Waals surface area (Å²) in [5.41, 5.74) is 1.56. The molecule has 0 fully saturated rings. The summed E-state index contributed by atoms with van der Waals surface area (Å²) in [4.78, 5) is 0. The second-order valence-electron chi connectivity index (χ2n) is 5.09. The number of hydrogen-bond donors (Lipinski definition) is 0. The van der Waals surface area contributed by atoms with Crippen LogP contribution in [0.4, 0.5) is 4.39 Å². The van der Waals surface area contributed by atoms with Gasteiger partial charge < -0.3 is 0 Å². The highest BCUT2D eigenvalue weighted by Crippen LogP contribution is 2.27. The Bertz CT molecular complexity index is 846. The lowest BCUT2D eigenvalue weighted by molar-refractivity contribution is 0.617. The third-order valence-corrected chi connectivity index (χ3v) is 4.71. The van der Waals surface area contributed by atoms with Crippen LogP contribution in [-0.4, -0.2) is 14.8 Å². The van der Waals surface area contributed by atoms with Crippen molar-refractivity contribution in [2.24, 2.45) is 0 Å². The van der Waals surface area contributed by atoms with Gasteiger partial charge >= 0.3 is 0 Å². The Balaban J connectivity index is 1.87. The van der Waals surface area contributed by atoms with Gasteiger partial charge in [-0.15, -0.1) is 16.8 Å². The molecule has 122 valence electrons. The van der Waals surface area contributed by atoms with Crippen LogP contribution in [-0.2, 0) is 12.3 Å². The number of allylic oxidation sites excluding steroid dienone is 1. The first-order valence-corrected chi connectivity index (χ1v) is 8.71. The molecular weight excluding hydrogens is 345 g/mol. The van der Waals surface area contributed by atoms with E-state index in [1.165, 1.54) is 17.8 Å². The van der Waals surface area contributed by atoms with Crippen LogP contribution < -0.4 is 0 Å². The summed E-state index contributed by atoms with van der Waals surface area (Å²) in [5, 5.41) is 9.92. The lowest BCUT2D eigenvalue weighted by Crippen LogP contribution is -2.01. The molecule has 3 nitrogen and oxygen atoms in total. The molecule has 0 aliphatic heterocycles. The summed E-state index contributed by atoms with van der Waals surface area (Å²) in [5.74, 6) is 1.02. The highest BCUT2D eigenvalue weighted by atomic mass is 35.5. The van der Waals surface area contributed by atoms with Gasteiger partial charge in [-0.25, -0.2) is 4.39 Å². The van der Waals surface area contributed by atoms with Crippen molar-refractivity contribution in [2.45, 2.75) is 17.5 Å². The highest BCUT2D eigenvalue weighted by molar-refractivity contribution is 7.98. The largest absolute Gasteiger partial charge is 0.298 e. The summed E-state index contributed by atoms with van der Waals surface area (Å²) in [7, 11) is 0. The van der Waals surface area contributed by atoms with Crippen LogP contribution in [0.15, 0.2) is 66.3 Å². The van der Waals surface area contributed by atoms with E-state index >= 15 is 0 Å². The summed E-state index contributed by atoms with van der Waals surface area (Å²) < 4.78 is 15.7. The SMILES string of the molecule is C=CCn1c(SCc2ccccc2F)nnc1-c1ccc(Cl)cc1. The Labute approximate surface area is 149 Å². The Kier molecular flexibility index (Phi) is 5.33. The predicted molar refractivity (Wildman–Crippen MR) is 96.6 cm³/mol. The molecule has 3 rings (SSSR count). The van der Waals surface area contributed by atoms with Gasteiger partial charge in [0.1, 0.15) is 5.82 Å². The molecule has 0 bridgehead atoms. The Morgan fingerprint density at radius 1 is 1.12 bits per heavy atom. The summed E-state index contributed by atoms with van der Waals surface area (Å²) >= 11 is 7.39. The van der Waals surface area contributed by atoms with Crippen LogP contribution in [0.5, 0.6) is 0 Å². The van der Waals surface area contributed by atoms with E-state index in [0.29, 0.717) is 22.9 Å². The minimum absolute atomic E-state index is 0.210. The standard InChI is InChI=1S/C18H15ClFN3S/c1-2-11-23-17(13-7-9-15(19)10-8-13)21-22-18(23)24-12-14-5-3-4-6-16(14)20/h2-10H,1,11-12H2. The molecule has 0 amide bonds. The zero-order valence-corrected chi connectivity index (χ0v) is 14.4. The molecule has 2 aromatic carbocycles. The minimum Gasteiger partial charge on any atom is -0.298 e. The first-order valence-electron chi connectivity index (χ1n) is 7.35. The quantitative estimate of drug-likeness (QED) is 0.446. The molecule has 0 N–H and O–H groups in total. The second kappa shape index (κ2) is 7.64. The number of rotatable bonds is 6. The van der Waals surface area contributed by atoms with E-state index in [0.717, 1.165) is 16.5 Å². The van der Waals surface area contributed by atoms with Crippen LogP contribution >= 0.6 is 23.4 Å². The van der Waals surface area contributed by atoms with Crippen molar-refractivity contribution in [1.29, 1.82) is 0 Å². The second-order valence-corrected chi connectivity index (χ2v) is 6.47. The van der Waals surface area contributed by atoms with E-state index in [1.807, 2.05) is 34.9 Å². The van der Waals surface area contributed by atoms with Crippen molar-refractivity contribution in [3.8, 4) is 11.4 Å². The third kappa shape index (κ3) is 3.68. The Morgan fingerprint density at radius 2 is 1.88 bits per heavy atom. The van der Waals surface area contributed by atoms with Gasteiger partial charge in [0.25, 0.3) is 0 Å². The maximum atomic E-state index is 13.8. The number of hydrogen-bond acceptors (Lipinski definition) is 3. The molecule has 3 aromatic rings. The zero-order valence-electron chi connectivity index (χ0n) is 12.8. The van der Waals surface area contributed by atoms with Crippen molar-refractivity contribution in [3.05, 3.63) is 77.6 Å². The molecule has 0 saturated heterocycles. The lowest BCUT2D eigenvalue weighted by atomic mass is 10.2. The van der Waals surface area contributed by atoms with Crippen LogP contribution in [0.2, 0.25) is 5.02 Å². The van der Waals surface area contributed by atoms with Crippen LogP contribution in [0.25, 0.3) is 11.4 Å². The molecule has 1 heterocycles. The average Bonchev–Trinajstić information content (AvgIpc) is 2.98. The first kappa shape index (κ1) is 16.7. The molecule has 0 radical (unpaired) electrons. The molecule has 24 heavy (non-hydrogen) atoms. The van der Waals surface area contributed by atoms with Crippen LogP contribution in [0.1, 0.15) is 5.56 Å². The molecular formula is C18H15ClFN3S. The Hall–Kier alpha value is -2.11. The van der Waals surface area contributed by atoms with E-state index in [-0.39, 0.29) is 5.82 Å². The fourth-order valence-corrected chi connectivity index (χ4v) is 3.32. The molecule has 0 saturated carbocycles. The van der Waals surface area contributed by atoms with E-state index in [9.17, 15) is 4.39 Å². The van der Waals surface area contributed by atoms with Crippen molar-refractivity contribution in [2.75, 3.05) is 0 Å². The Morgan fingerprint density at radius 3 is 2.58 bits per heavy atom. The van der Waals surface area contributed by atoms with Gasteiger partial charge in [-0.05, 0) is 35.9 Å². The number of thioether (sulfide) groups is 1. The van der Waals surface area contributed by atoms with Gasteiger partial charge in [-0.1, -0.05) is 47.6 Å². The molecule has 0 spiro atoms. The summed E-state index contributed by atoms with van der Waals surface area (Å²) in [6.07, 6.45) is 1.79. The fraction of sp³-hybridized carbons (Fsp3) is 0.111. The fourth-order valence-electron chi connectivity index (χ4n) is 2.26. The molecule has 0 aliphatic rings. The van der Waals surface area contributed by atoms with Gasteiger partial charge in [0.05, 0.1) is 0 Å². The van der Waals surface area contributed by atoms with Gasteiger partial charge in [0.15, 0.2) is 11.0 Å². The van der Waals surface area contributed by atoms with E-state index in [4.69, 9.17) is 11.6 Å². The number of aromatic nitrogens is 3. The molecule has 1 aromatic heterocycles. The van der Waals surface area contributed by atoms with Crippen molar-refractivity contribution < 1.29 is 4.39 Å². The highest BCUT2D eigenvalue weighted by Gasteiger charge is 2.14. The smallest absolute Gasteiger partial charge is 0.192 e. The van der Waals surface area contributed by atoms with E-state index < -0.39 is 0 Å².